The van der Waals surface area contributed by atoms with Crippen molar-refractivity contribution in [2.45, 2.75) is 45.6 Å². The predicted octanol–water partition coefficient (Wildman–Crippen LogP) is 3.78. The van der Waals surface area contributed by atoms with E-state index in [1.807, 2.05) is 13.1 Å². The Balaban J connectivity index is 2.51. The second-order valence-electron chi connectivity index (χ2n) is 4.95. The third kappa shape index (κ3) is 5.31. The molecule has 0 aliphatic rings. The van der Waals surface area contributed by atoms with E-state index in [1.54, 1.807) is 12.1 Å². The van der Waals surface area contributed by atoms with E-state index in [0.29, 0.717) is 6.04 Å². The summed E-state index contributed by atoms with van der Waals surface area (Å²) < 4.78 is 13.1. The van der Waals surface area contributed by atoms with Crippen molar-refractivity contribution in [2.75, 3.05) is 7.05 Å². The van der Waals surface area contributed by atoms with Crippen molar-refractivity contribution in [3.63, 3.8) is 0 Å². The third-order valence-electron chi connectivity index (χ3n) is 3.25. The van der Waals surface area contributed by atoms with Gasteiger partial charge in [0.05, 0.1) is 0 Å². The van der Waals surface area contributed by atoms with Gasteiger partial charge in [0.2, 0.25) is 0 Å². The lowest BCUT2D eigenvalue weighted by atomic mass is 9.93. The van der Waals surface area contributed by atoms with E-state index in [4.69, 9.17) is 0 Å². The molecule has 2 unspecified atom stereocenters. The van der Waals surface area contributed by atoms with Crippen LogP contribution < -0.4 is 5.32 Å². The highest BCUT2D eigenvalue weighted by atomic mass is 19.1. The fraction of sp³-hybridized carbons (Fsp3) is 0.600. The quantitative estimate of drug-likeness (QED) is 0.761. The molecule has 0 bridgehead atoms. The first-order valence-corrected chi connectivity index (χ1v) is 6.57. The molecule has 1 N–H and O–H groups in total. The summed E-state index contributed by atoms with van der Waals surface area (Å²) in [6.45, 7) is 4.51. The van der Waals surface area contributed by atoms with Gasteiger partial charge in [0.15, 0.2) is 0 Å². The number of benzene rings is 1. The van der Waals surface area contributed by atoms with Gasteiger partial charge in [-0.15, -0.1) is 0 Å². The van der Waals surface area contributed by atoms with Crippen LogP contribution >= 0.6 is 0 Å². The highest BCUT2D eigenvalue weighted by Gasteiger charge is 2.11. The molecule has 0 aliphatic heterocycles. The van der Waals surface area contributed by atoms with E-state index >= 15 is 0 Å². The second-order valence-corrected chi connectivity index (χ2v) is 4.95. The van der Waals surface area contributed by atoms with E-state index in [2.05, 4.69) is 19.2 Å². The van der Waals surface area contributed by atoms with Gasteiger partial charge in [-0.2, -0.15) is 0 Å². The topological polar surface area (TPSA) is 12.0 Å². The standard InChI is InChI=1S/C15H24FN/c1-4-6-12(2)9-15(17-3)11-13-7-5-8-14(16)10-13/h5,7-8,10,12,15,17H,4,6,9,11H2,1-3H3. The molecule has 0 heterocycles. The van der Waals surface area contributed by atoms with E-state index in [0.717, 1.165) is 24.3 Å². The molecule has 0 saturated carbocycles. The van der Waals surface area contributed by atoms with Gasteiger partial charge in [-0.25, -0.2) is 4.39 Å². The number of hydrogen-bond donors (Lipinski definition) is 1. The van der Waals surface area contributed by atoms with Crippen LogP contribution in [0.1, 0.15) is 38.7 Å². The Labute approximate surface area is 104 Å². The minimum Gasteiger partial charge on any atom is -0.317 e. The maximum absolute atomic E-state index is 13.1. The van der Waals surface area contributed by atoms with E-state index in [-0.39, 0.29) is 5.82 Å². The third-order valence-corrected chi connectivity index (χ3v) is 3.25. The SMILES string of the molecule is CCCC(C)CC(Cc1cccc(F)c1)NC. The van der Waals surface area contributed by atoms with Crippen molar-refractivity contribution in [3.05, 3.63) is 35.6 Å². The summed E-state index contributed by atoms with van der Waals surface area (Å²) in [4.78, 5) is 0. The molecule has 0 saturated heterocycles. The first-order chi connectivity index (χ1) is 8.15. The van der Waals surface area contributed by atoms with Gasteiger partial charge in [0.25, 0.3) is 0 Å². The van der Waals surface area contributed by atoms with Crippen molar-refractivity contribution in [3.8, 4) is 0 Å². The minimum absolute atomic E-state index is 0.140. The van der Waals surface area contributed by atoms with E-state index in [9.17, 15) is 4.39 Å². The number of hydrogen-bond acceptors (Lipinski definition) is 1. The highest BCUT2D eigenvalue weighted by molar-refractivity contribution is 5.17. The molecule has 2 atom stereocenters. The molecule has 2 heteroatoms. The second kappa shape index (κ2) is 7.44. The van der Waals surface area contributed by atoms with Crippen LogP contribution in [-0.2, 0) is 6.42 Å². The van der Waals surface area contributed by atoms with Crippen molar-refractivity contribution >= 4 is 0 Å². The largest absolute Gasteiger partial charge is 0.317 e. The van der Waals surface area contributed by atoms with Crippen LogP contribution in [-0.4, -0.2) is 13.1 Å². The van der Waals surface area contributed by atoms with Crippen LogP contribution in [0.5, 0.6) is 0 Å². The van der Waals surface area contributed by atoms with Crippen LogP contribution in [0.15, 0.2) is 24.3 Å². The zero-order valence-electron chi connectivity index (χ0n) is 11.2. The lowest BCUT2D eigenvalue weighted by Crippen LogP contribution is -2.29. The maximum atomic E-state index is 13.1. The molecule has 1 nitrogen and oxygen atoms in total. The first kappa shape index (κ1) is 14.2. The lowest BCUT2D eigenvalue weighted by Gasteiger charge is -2.20. The van der Waals surface area contributed by atoms with Crippen molar-refractivity contribution < 1.29 is 4.39 Å². The number of likely N-dealkylation sites (N-methyl/N-ethyl adjacent to an activating group) is 1. The molecule has 0 fully saturated rings. The maximum Gasteiger partial charge on any atom is 0.123 e. The van der Waals surface area contributed by atoms with Gasteiger partial charge in [-0.1, -0.05) is 38.8 Å². The molecule has 0 spiro atoms. The zero-order valence-corrected chi connectivity index (χ0v) is 11.2. The Bertz CT molecular complexity index is 324. The van der Waals surface area contributed by atoms with Gasteiger partial charge < -0.3 is 5.32 Å². The van der Waals surface area contributed by atoms with Crippen LogP contribution in [0, 0.1) is 11.7 Å². The Morgan fingerprint density at radius 1 is 1.35 bits per heavy atom. The molecule has 0 amide bonds. The van der Waals surface area contributed by atoms with Gasteiger partial charge in [-0.05, 0) is 43.5 Å². The fourth-order valence-corrected chi connectivity index (χ4v) is 2.35. The molecule has 1 aromatic carbocycles. The Hall–Kier alpha value is -0.890. The molecule has 0 aromatic heterocycles. The summed E-state index contributed by atoms with van der Waals surface area (Å²) in [5.74, 6) is 0.588. The lowest BCUT2D eigenvalue weighted by molar-refractivity contribution is 0.397. The van der Waals surface area contributed by atoms with Crippen LogP contribution in [0.4, 0.5) is 4.39 Å². The summed E-state index contributed by atoms with van der Waals surface area (Å²) in [5, 5.41) is 3.34. The average molecular weight is 237 g/mol. The number of nitrogens with one attached hydrogen (secondary N) is 1. The molecule has 0 radical (unpaired) electrons. The molecule has 17 heavy (non-hydrogen) atoms. The summed E-state index contributed by atoms with van der Waals surface area (Å²) in [7, 11) is 1.99. The molecular formula is C15H24FN. The molecule has 96 valence electrons. The predicted molar refractivity (Wildman–Crippen MR) is 71.6 cm³/mol. The normalized spacial score (nSPS) is 14.6. The Kier molecular flexibility index (Phi) is 6.20. The van der Waals surface area contributed by atoms with Crippen LogP contribution in [0.25, 0.3) is 0 Å². The monoisotopic (exact) mass is 237 g/mol. The van der Waals surface area contributed by atoms with E-state index < -0.39 is 0 Å². The molecule has 0 aliphatic carbocycles. The Morgan fingerprint density at radius 3 is 2.71 bits per heavy atom. The summed E-state index contributed by atoms with van der Waals surface area (Å²) in [5.41, 5.74) is 1.08. The average Bonchev–Trinajstić information content (AvgIpc) is 2.28. The zero-order chi connectivity index (χ0) is 12.7. The van der Waals surface area contributed by atoms with Gasteiger partial charge in [0, 0.05) is 6.04 Å². The van der Waals surface area contributed by atoms with Gasteiger partial charge in [-0.3, -0.25) is 0 Å². The van der Waals surface area contributed by atoms with Crippen LogP contribution in [0.3, 0.4) is 0 Å². The minimum atomic E-state index is -0.140. The van der Waals surface area contributed by atoms with Crippen molar-refractivity contribution in [1.29, 1.82) is 0 Å². The number of rotatable bonds is 7. The van der Waals surface area contributed by atoms with Crippen molar-refractivity contribution in [1.82, 2.24) is 5.32 Å². The van der Waals surface area contributed by atoms with Crippen molar-refractivity contribution in [2.24, 2.45) is 5.92 Å². The highest BCUT2D eigenvalue weighted by Crippen LogP contribution is 2.16. The first-order valence-electron chi connectivity index (χ1n) is 6.57. The Morgan fingerprint density at radius 2 is 2.12 bits per heavy atom. The van der Waals surface area contributed by atoms with Gasteiger partial charge >= 0.3 is 0 Å². The fourth-order valence-electron chi connectivity index (χ4n) is 2.35. The summed E-state index contributed by atoms with van der Waals surface area (Å²) >= 11 is 0. The van der Waals surface area contributed by atoms with E-state index in [1.165, 1.54) is 18.9 Å². The van der Waals surface area contributed by atoms with Gasteiger partial charge in [0.1, 0.15) is 5.82 Å². The summed E-state index contributed by atoms with van der Waals surface area (Å²) in [6.07, 6.45) is 4.56. The summed E-state index contributed by atoms with van der Waals surface area (Å²) in [6, 6.07) is 7.36. The van der Waals surface area contributed by atoms with Crippen LogP contribution in [0.2, 0.25) is 0 Å². The number of halogens is 1. The molecule has 1 aromatic rings. The molecule has 1 rings (SSSR count). The molecular weight excluding hydrogens is 213 g/mol. The smallest absolute Gasteiger partial charge is 0.123 e.